The van der Waals surface area contributed by atoms with E-state index in [4.69, 9.17) is 14.2 Å². The molecule has 1 heterocycles. The number of rotatable bonds is 4. The highest BCUT2D eigenvalue weighted by Gasteiger charge is 2.12. The standard InChI is InChI=1S/C19H20O3S/c1-19(2,3)22-14-7-5-13(6-8-14)21-17-12-23-18-11-15(20-4)9-10-16(17)18/h5-12H,1-4H3. The van der Waals surface area contributed by atoms with E-state index >= 15 is 0 Å². The normalized spacial score (nSPS) is 11.5. The van der Waals surface area contributed by atoms with Gasteiger partial charge in [-0.15, -0.1) is 11.3 Å². The lowest BCUT2D eigenvalue weighted by atomic mass is 10.2. The van der Waals surface area contributed by atoms with Gasteiger partial charge in [-0.3, -0.25) is 0 Å². The molecule has 0 N–H and O–H groups in total. The number of benzene rings is 2. The fourth-order valence-corrected chi connectivity index (χ4v) is 3.14. The molecule has 4 heteroatoms. The summed E-state index contributed by atoms with van der Waals surface area (Å²) in [6.07, 6.45) is 0. The van der Waals surface area contributed by atoms with Crippen LogP contribution in [0.4, 0.5) is 0 Å². The van der Waals surface area contributed by atoms with Gasteiger partial charge in [-0.25, -0.2) is 0 Å². The number of hydrogen-bond donors (Lipinski definition) is 0. The number of fused-ring (bicyclic) bond motifs is 1. The molecule has 0 radical (unpaired) electrons. The molecule has 0 spiro atoms. The third-order valence-corrected chi connectivity index (χ3v) is 4.15. The van der Waals surface area contributed by atoms with Gasteiger partial charge in [0.1, 0.15) is 28.6 Å². The molecule has 0 bridgehead atoms. The highest BCUT2D eigenvalue weighted by atomic mass is 32.1. The number of hydrogen-bond acceptors (Lipinski definition) is 4. The van der Waals surface area contributed by atoms with Crippen molar-refractivity contribution in [1.29, 1.82) is 0 Å². The zero-order chi connectivity index (χ0) is 16.4. The smallest absolute Gasteiger partial charge is 0.145 e. The minimum Gasteiger partial charge on any atom is -0.497 e. The van der Waals surface area contributed by atoms with Crippen LogP contribution < -0.4 is 14.2 Å². The fraction of sp³-hybridized carbons (Fsp3) is 0.263. The summed E-state index contributed by atoms with van der Waals surface area (Å²) in [5.74, 6) is 3.35. The molecule has 0 aliphatic carbocycles. The second-order valence-corrected chi connectivity index (χ2v) is 7.16. The average Bonchev–Trinajstić information content (AvgIpc) is 2.90. The van der Waals surface area contributed by atoms with Crippen molar-refractivity contribution >= 4 is 21.4 Å². The molecule has 3 rings (SSSR count). The van der Waals surface area contributed by atoms with Gasteiger partial charge < -0.3 is 14.2 Å². The predicted molar refractivity (Wildman–Crippen MR) is 95.3 cm³/mol. The highest BCUT2D eigenvalue weighted by molar-refractivity contribution is 7.17. The van der Waals surface area contributed by atoms with Crippen molar-refractivity contribution in [3.8, 4) is 23.0 Å². The fourth-order valence-electron chi connectivity index (χ4n) is 2.25. The van der Waals surface area contributed by atoms with Crippen molar-refractivity contribution in [3.63, 3.8) is 0 Å². The molecule has 0 aliphatic rings. The zero-order valence-corrected chi connectivity index (χ0v) is 14.6. The van der Waals surface area contributed by atoms with E-state index in [2.05, 4.69) is 0 Å². The molecule has 0 saturated carbocycles. The van der Waals surface area contributed by atoms with Gasteiger partial charge in [0.15, 0.2) is 0 Å². The molecule has 1 aromatic heterocycles. The van der Waals surface area contributed by atoms with E-state index in [1.54, 1.807) is 18.4 Å². The van der Waals surface area contributed by atoms with Gasteiger partial charge in [-0.2, -0.15) is 0 Å². The maximum absolute atomic E-state index is 6.00. The van der Waals surface area contributed by atoms with Crippen molar-refractivity contribution in [2.75, 3.05) is 7.11 Å². The van der Waals surface area contributed by atoms with Gasteiger partial charge >= 0.3 is 0 Å². The van der Waals surface area contributed by atoms with Gasteiger partial charge in [-0.1, -0.05) is 0 Å². The van der Waals surface area contributed by atoms with E-state index in [0.717, 1.165) is 33.1 Å². The van der Waals surface area contributed by atoms with Crippen molar-refractivity contribution in [2.45, 2.75) is 26.4 Å². The lowest BCUT2D eigenvalue weighted by molar-refractivity contribution is 0.131. The van der Waals surface area contributed by atoms with Gasteiger partial charge in [0.05, 0.1) is 7.11 Å². The predicted octanol–water partition coefficient (Wildman–Crippen LogP) is 5.88. The lowest BCUT2D eigenvalue weighted by Gasteiger charge is -2.21. The Hall–Kier alpha value is -2.20. The molecule has 0 unspecified atom stereocenters. The summed E-state index contributed by atoms with van der Waals surface area (Å²) >= 11 is 1.64. The summed E-state index contributed by atoms with van der Waals surface area (Å²) in [4.78, 5) is 0. The molecule has 3 aromatic rings. The van der Waals surface area contributed by atoms with Crippen LogP contribution in [0.1, 0.15) is 20.8 Å². The first-order chi connectivity index (χ1) is 10.9. The van der Waals surface area contributed by atoms with Crippen LogP contribution in [-0.2, 0) is 0 Å². The van der Waals surface area contributed by atoms with Crippen molar-refractivity contribution in [2.24, 2.45) is 0 Å². The lowest BCUT2D eigenvalue weighted by Crippen LogP contribution is -2.22. The van der Waals surface area contributed by atoms with Crippen LogP contribution in [0.3, 0.4) is 0 Å². The van der Waals surface area contributed by atoms with Crippen molar-refractivity contribution in [1.82, 2.24) is 0 Å². The van der Waals surface area contributed by atoms with E-state index in [1.165, 1.54) is 0 Å². The van der Waals surface area contributed by atoms with Crippen LogP contribution in [-0.4, -0.2) is 12.7 Å². The summed E-state index contributed by atoms with van der Waals surface area (Å²) in [5, 5.41) is 3.11. The quantitative estimate of drug-likeness (QED) is 0.598. The summed E-state index contributed by atoms with van der Waals surface area (Å²) in [5.41, 5.74) is -0.203. The van der Waals surface area contributed by atoms with Crippen LogP contribution in [0.2, 0.25) is 0 Å². The zero-order valence-electron chi connectivity index (χ0n) is 13.8. The van der Waals surface area contributed by atoms with Gasteiger partial charge in [0.25, 0.3) is 0 Å². The molecular formula is C19H20O3S. The number of ether oxygens (including phenoxy) is 3. The Balaban J connectivity index is 1.79. The topological polar surface area (TPSA) is 27.7 Å². The average molecular weight is 328 g/mol. The first kappa shape index (κ1) is 15.7. The Kier molecular flexibility index (Phi) is 4.18. The molecule has 120 valence electrons. The first-order valence-electron chi connectivity index (χ1n) is 7.47. The first-order valence-corrected chi connectivity index (χ1v) is 8.35. The second kappa shape index (κ2) is 6.13. The van der Waals surface area contributed by atoms with Crippen molar-refractivity contribution < 1.29 is 14.2 Å². The molecule has 0 atom stereocenters. The van der Waals surface area contributed by atoms with E-state index in [1.807, 2.05) is 68.6 Å². The van der Waals surface area contributed by atoms with Gasteiger partial charge in [0.2, 0.25) is 0 Å². The van der Waals surface area contributed by atoms with Crippen LogP contribution in [0.5, 0.6) is 23.0 Å². The second-order valence-electron chi connectivity index (χ2n) is 6.25. The molecule has 0 aliphatic heterocycles. The maximum atomic E-state index is 6.00. The summed E-state index contributed by atoms with van der Waals surface area (Å²) in [6, 6.07) is 13.7. The Bertz CT molecular complexity index is 798. The van der Waals surface area contributed by atoms with Crippen LogP contribution >= 0.6 is 11.3 Å². The summed E-state index contributed by atoms with van der Waals surface area (Å²) in [6.45, 7) is 6.09. The summed E-state index contributed by atoms with van der Waals surface area (Å²) < 4.78 is 18.2. The van der Waals surface area contributed by atoms with Crippen molar-refractivity contribution in [3.05, 3.63) is 47.8 Å². The van der Waals surface area contributed by atoms with E-state index in [0.29, 0.717) is 0 Å². The van der Waals surface area contributed by atoms with Gasteiger partial charge in [-0.05, 0) is 63.2 Å². The van der Waals surface area contributed by atoms with Crippen LogP contribution in [0.15, 0.2) is 47.8 Å². The maximum Gasteiger partial charge on any atom is 0.145 e. The van der Waals surface area contributed by atoms with E-state index in [-0.39, 0.29) is 5.60 Å². The Morgan fingerprint density at radius 3 is 2.17 bits per heavy atom. The molecule has 0 saturated heterocycles. The van der Waals surface area contributed by atoms with Crippen LogP contribution in [0.25, 0.3) is 10.1 Å². The Labute approximate surface area is 140 Å². The monoisotopic (exact) mass is 328 g/mol. The van der Waals surface area contributed by atoms with Crippen LogP contribution in [0, 0.1) is 0 Å². The van der Waals surface area contributed by atoms with E-state index < -0.39 is 0 Å². The Morgan fingerprint density at radius 1 is 0.870 bits per heavy atom. The molecule has 3 nitrogen and oxygen atoms in total. The third-order valence-electron chi connectivity index (χ3n) is 3.22. The van der Waals surface area contributed by atoms with E-state index in [9.17, 15) is 0 Å². The third kappa shape index (κ3) is 3.77. The molecule has 0 fully saturated rings. The number of thiophene rings is 1. The number of methoxy groups -OCH3 is 1. The largest absolute Gasteiger partial charge is 0.497 e. The highest BCUT2D eigenvalue weighted by Crippen LogP contribution is 2.37. The minimum absolute atomic E-state index is 0.203. The molecule has 23 heavy (non-hydrogen) atoms. The Morgan fingerprint density at radius 2 is 1.52 bits per heavy atom. The molecule has 2 aromatic carbocycles. The molecular weight excluding hydrogens is 308 g/mol. The van der Waals surface area contributed by atoms with Gasteiger partial charge in [0, 0.05) is 15.5 Å². The molecule has 0 amide bonds. The summed E-state index contributed by atoms with van der Waals surface area (Å²) in [7, 11) is 1.67. The SMILES string of the molecule is COc1ccc2c(Oc3ccc(OC(C)(C)C)cc3)csc2c1. The minimum atomic E-state index is -0.203.